The Hall–Kier alpha value is -1.57. The van der Waals surface area contributed by atoms with E-state index in [1.807, 2.05) is 13.8 Å². The van der Waals surface area contributed by atoms with Crippen LogP contribution in [-0.2, 0) is 14.8 Å². The fourth-order valence-electron chi connectivity index (χ4n) is 1.04. The summed E-state index contributed by atoms with van der Waals surface area (Å²) in [5, 5.41) is 14.8. The summed E-state index contributed by atoms with van der Waals surface area (Å²) in [5.41, 5.74) is 0.771. The predicted octanol–water partition coefficient (Wildman–Crippen LogP) is 0.359. The van der Waals surface area contributed by atoms with Crippen molar-refractivity contribution in [2.75, 3.05) is 10.5 Å². The Morgan fingerprint density at radius 1 is 1.62 bits per heavy atom. The highest BCUT2D eigenvalue weighted by Gasteiger charge is 2.17. The molecule has 0 saturated carbocycles. The van der Waals surface area contributed by atoms with Crippen LogP contribution in [0, 0.1) is 0 Å². The zero-order valence-corrected chi connectivity index (χ0v) is 9.71. The number of anilines is 1. The Labute approximate surface area is 92.9 Å². The number of hydrogen-bond donors (Lipinski definition) is 3. The number of aliphatic carboxylic acids is 1. The van der Waals surface area contributed by atoms with Gasteiger partial charge in [0.1, 0.15) is 0 Å². The van der Waals surface area contributed by atoms with Crippen molar-refractivity contribution in [2.24, 2.45) is 0 Å². The Morgan fingerprint density at radius 2 is 2.25 bits per heavy atom. The van der Waals surface area contributed by atoms with Crippen LogP contribution in [0.25, 0.3) is 0 Å². The van der Waals surface area contributed by atoms with Crippen molar-refractivity contribution in [1.82, 2.24) is 10.2 Å². The summed E-state index contributed by atoms with van der Waals surface area (Å²) in [4.78, 5) is 10.3. The van der Waals surface area contributed by atoms with E-state index < -0.39 is 21.7 Å². The first-order chi connectivity index (χ1) is 7.30. The largest absolute Gasteiger partial charge is 0.480 e. The first-order valence-electron chi connectivity index (χ1n) is 4.58. The zero-order valence-electron chi connectivity index (χ0n) is 8.89. The van der Waals surface area contributed by atoms with Gasteiger partial charge in [-0.1, -0.05) is 13.8 Å². The van der Waals surface area contributed by atoms with Crippen molar-refractivity contribution in [3.63, 3.8) is 0 Å². The van der Waals surface area contributed by atoms with E-state index in [2.05, 4.69) is 14.9 Å². The van der Waals surface area contributed by atoms with Gasteiger partial charge in [-0.05, 0) is 5.92 Å². The third-order valence-electron chi connectivity index (χ3n) is 1.79. The fourth-order valence-corrected chi connectivity index (χ4v) is 1.86. The second kappa shape index (κ2) is 4.52. The van der Waals surface area contributed by atoms with Crippen LogP contribution < -0.4 is 4.72 Å². The highest BCUT2D eigenvalue weighted by atomic mass is 32.2. The van der Waals surface area contributed by atoms with Gasteiger partial charge in [-0.25, -0.2) is 8.42 Å². The van der Waals surface area contributed by atoms with Gasteiger partial charge in [0.05, 0.1) is 0 Å². The summed E-state index contributed by atoms with van der Waals surface area (Å²) in [7, 11) is -3.88. The highest BCUT2D eigenvalue weighted by molar-refractivity contribution is 7.93. The summed E-state index contributed by atoms with van der Waals surface area (Å²) >= 11 is 0. The van der Waals surface area contributed by atoms with Crippen molar-refractivity contribution < 1.29 is 18.3 Å². The van der Waals surface area contributed by atoms with Crippen LogP contribution in [0.1, 0.15) is 25.5 Å². The quantitative estimate of drug-likeness (QED) is 0.695. The number of aromatic amines is 1. The molecule has 0 unspecified atom stereocenters. The van der Waals surface area contributed by atoms with Gasteiger partial charge in [0.2, 0.25) is 10.0 Å². The second-order valence-electron chi connectivity index (χ2n) is 3.62. The molecule has 1 rings (SSSR count). The molecule has 8 heteroatoms. The van der Waals surface area contributed by atoms with E-state index >= 15 is 0 Å². The molecular weight excluding hydrogens is 234 g/mol. The molecule has 1 heterocycles. The molecule has 0 aliphatic heterocycles. The first-order valence-corrected chi connectivity index (χ1v) is 6.23. The lowest BCUT2D eigenvalue weighted by atomic mass is 10.1. The third kappa shape index (κ3) is 3.54. The Bertz CT molecular complexity index is 477. The maximum Gasteiger partial charge on any atom is 0.320 e. The molecule has 1 aromatic rings. The molecule has 3 N–H and O–H groups in total. The van der Waals surface area contributed by atoms with Crippen molar-refractivity contribution in [2.45, 2.75) is 19.8 Å². The van der Waals surface area contributed by atoms with E-state index in [4.69, 9.17) is 5.11 Å². The SMILES string of the molecule is CC(C)c1cc(NS(=O)(=O)CC(=O)O)n[nH]1. The summed E-state index contributed by atoms with van der Waals surface area (Å²) in [6.45, 7) is 3.84. The lowest BCUT2D eigenvalue weighted by molar-refractivity contribution is -0.134. The molecule has 0 radical (unpaired) electrons. The molecule has 7 nitrogen and oxygen atoms in total. The van der Waals surface area contributed by atoms with E-state index in [9.17, 15) is 13.2 Å². The number of carbonyl (C=O) groups is 1. The number of aromatic nitrogens is 2. The number of nitrogens with one attached hydrogen (secondary N) is 2. The van der Waals surface area contributed by atoms with E-state index in [-0.39, 0.29) is 11.7 Å². The average Bonchev–Trinajstić information content (AvgIpc) is 2.48. The van der Waals surface area contributed by atoms with Crippen LogP contribution in [0.15, 0.2) is 6.07 Å². The van der Waals surface area contributed by atoms with Crippen LogP contribution >= 0.6 is 0 Å². The Morgan fingerprint density at radius 3 is 2.69 bits per heavy atom. The summed E-state index contributed by atoms with van der Waals surface area (Å²) in [6.07, 6.45) is 0. The van der Waals surface area contributed by atoms with Crippen molar-refractivity contribution >= 4 is 21.8 Å². The van der Waals surface area contributed by atoms with Gasteiger partial charge in [0.15, 0.2) is 11.6 Å². The van der Waals surface area contributed by atoms with Crippen LogP contribution in [0.4, 0.5) is 5.82 Å². The van der Waals surface area contributed by atoms with E-state index in [0.29, 0.717) is 0 Å². The molecule has 1 aromatic heterocycles. The first kappa shape index (κ1) is 12.5. The topological polar surface area (TPSA) is 112 Å². The number of hydrogen-bond acceptors (Lipinski definition) is 4. The van der Waals surface area contributed by atoms with Crippen LogP contribution in [-0.4, -0.2) is 35.4 Å². The molecular formula is C8H13N3O4S. The van der Waals surface area contributed by atoms with E-state index in [0.717, 1.165) is 5.69 Å². The molecule has 0 atom stereocenters. The molecule has 0 saturated heterocycles. The summed E-state index contributed by atoms with van der Waals surface area (Å²) in [5.74, 6) is -2.10. The van der Waals surface area contributed by atoms with Gasteiger partial charge < -0.3 is 5.11 Å². The maximum absolute atomic E-state index is 11.2. The molecule has 0 spiro atoms. The molecule has 0 fully saturated rings. The van der Waals surface area contributed by atoms with Crippen molar-refractivity contribution in [3.05, 3.63) is 11.8 Å². The average molecular weight is 247 g/mol. The Kier molecular flexibility index (Phi) is 3.53. The molecule has 0 bridgehead atoms. The van der Waals surface area contributed by atoms with Crippen molar-refractivity contribution in [3.8, 4) is 0 Å². The molecule has 0 aliphatic carbocycles. The maximum atomic E-state index is 11.2. The minimum absolute atomic E-state index is 0.102. The fraction of sp³-hybridized carbons (Fsp3) is 0.500. The van der Waals surface area contributed by atoms with Gasteiger partial charge in [-0.15, -0.1) is 0 Å². The Balaban J connectivity index is 2.76. The molecule has 0 aromatic carbocycles. The summed E-state index contributed by atoms with van der Waals surface area (Å²) in [6, 6.07) is 1.53. The minimum Gasteiger partial charge on any atom is -0.480 e. The number of carboxylic acid groups (broad SMARTS) is 1. The van der Waals surface area contributed by atoms with Crippen LogP contribution in [0.3, 0.4) is 0 Å². The van der Waals surface area contributed by atoms with Crippen molar-refractivity contribution in [1.29, 1.82) is 0 Å². The lowest BCUT2D eigenvalue weighted by Gasteiger charge is -2.01. The van der Waals surface area contributed by atoms with Crippen LogP contribution in [0.5, 0.6) is 0 Å². The van der Waals surface area contributed by atoms with Gasteiger partial charge in [0, 0.05) is 11.8 Å². The third-order valence-corrected chi connectivity index (χ3v) is 2.94. The number of sulfonamides is 1. The smallest absolute Gasteiger partial charge is 0.320 e. The zero-order chi connectivity index (χ0) is 12.3. The molecule has 0 aliphatic rings. The second-order valence-corrected chi connectivity index (χ2v) is 5.34. The predicted molar refractivity (Wildman–Crippen MR) is 57.7 cm³/mol. The van der Waals surface area contributed by atoms with Gasteiger partial charge in [-0.2, -0.15) is 5.10 Å². The van der Waals surface area contributed by atoms with Gasteiger partial charge >= 0.3 is 5.97 Å². The van der Waals surface area contributed by atoms with E-state index in [1.165, 1.54) is 6.07 Å². The minimum atomic E-state index is -3.88. The standard InChI is InChI=1S/C8H13N3O4S/c1-5(2)6-3-7(10-9-6)11-16(14,15)4-8(12)13/h3,5H,4H2,1-2H3,(H,12,13)(H2,9,10,11). The highest BCUT2D eigenvalue weighted by Crippen LogP contribution is 2.15. The van der Waals surface area contributed by atoms with Gasteiger partial charge in [0.25, 0.3) is 0 Å². The normalized spacial score (nSPS) is 11.7. The lowest BCUT2D eigenvalue weighted by Crippen LogP contribution is -2.22. The monoisotopic (exact) mass is 247 g/mol. The van der Waals surface area contributed by atoms with Gasteiger partial charge in [-0.3, -0.25) is 14.6 Å². The molecule has 90 valence electrons. The number of carboxylic acids is 1. The van der Waals surface area contributed by atoms with Crippen LogP contribution in [0.2, 0.25) is 0 Å². The summed E-state index contributed by atoms with van der Waals surface area (Å²) < 4.78 is 24.6. The number of nitrogens with zero attached hydrogens (tertiary/aromatic N) is 1. The number of H-pyrrole nitrogens is 1. The molecule has 0 amide bonds. The van der Waals surface area contributed by atoms with E-state index in [1.54, 1.807) is 0 Å². The number of rotatable bonds is 5. The molecule has 16 heavy (non-hydrogen) atoms.